The highest BCUT2D eigenvalue weighted by molar-refractivity contribution is 9.10. The zero-order valence-electron chi connectivity index (χ0n) is 10.3. The summed E-state index contributed by atoms with van der Waals surface area (Å²) in [5.74, 6) is 0.479. The van der Waals surface area contributed by atoms with E-state index in [2.05, 4.69) is 45.2 Å². The van der Waals surface area contributed by atoms with E-state index in [-0.39, 0.29) is 0 Å². The number of hydrogen-bond acceptors (Lipinski definition) is 3. The van der Waals surface area contributed by atoms with Crippen LogP contribution in [-0.4, -0.2) is 10.2 Å². The fourth-order valence-corrected chi connectivity index (χ4v) is 2.47. The molecule has 3 N–H and O–H groups in total. The first kappa shape index (κ1) is 12.0. The Morgan fingerprint density at radius 1 is 1.21 bits per heavy atom. The normalized spacial score (nSPS) is 10.8. The molecular formula is C14H12BrN3O. The average Bonchev–Trinajstić information content (AvgIpc) is 2.97. The molecule has 0 unspecified atom stereocenters. The lowest BCUT2D eigenvalue weighted by molar-refractivity contribution is 0.542. The molecule has 0 fully saturated rings. The fraction of sp³-hybridized carbons (Fsp3) is 0.0714. The second kappa shape index (κ2) is 4.59. The molecule has 0 aliphatic carbocycles. The SMILES string of the molecule is Cc1ccc(-c2c(N)n[nH]c2-c2ccoc2Br)cc1. The summed E-state index contributed by atoms with van der Waals surface area (Å²) < 4.78 is 5.92. The number of anilines is 1. The maximum atomic E-state index is 5.98. The Hall–Kier alpha value is -2.01. The van der Waals surface area contributed by atoms with Crippen LogP contribution in [0.4, 0.5) is 5.82 Å². The highest BCUT2D eigenvalue weighted by Crippen LogP contribution is 2.38. The van der Waals surface area contributed by atoms with Crippen LogP contribution in [0.3, 0.4) is 0 Å². The lowest BCUT2D eigenvalue weighted by Gasteiger charge is -2.04. The zero-order chi connectivity index (χ0) is 13.4. The molecule has 4 nitrogen and oxygen atoms in total. The van der Waals surface area contributed by atoms with Gasteiger partial charge in [-0.15, -0.1) is 0 Å². The molecule has 96 valence electrons. The molecule has 0 bridgehead atoms. The molecule has 0 radical (unpaired) electrons. The van der Waals surface area contributed by atoms with Gasteiger partial charge in [-0.3, -0.25) is 5.10 Å². The molecule has 2 heterocycles. The molecule has 1 aromatic carbocycles. The molecule has 0 saturated heterocycles. The van der Waals surface area contributed by atoms with Crippen molar-refractivity contribution in [2.24, 2.45) is 0 Å². The van der Waals surface area contributed by atoms with Crippen molar-refractivity contribution in [1.82, 2.24) is 10.2 Å². The van der Waals surface area contributed by atoms with Gasteiger partial charge in [0, 0.05) is 0 Å². The van der Waals surface area contributed by atoms with Gasteiger partial charge in [0.2, 0.25) is 0 Å². The van der Waals surface area contributed by atoms with Gasteiger partial charge in [-0.25, -0.2) is 0 Å². The molecule has 5 heteroatoms. The van der Waals surface area contributed by atoms with Gasteiger partial charge in [0.05, 0.1) is 23.1 Å². The Morgan fingerprint density at radius 2 is 1.95 bits per heavy atom. The number of benzene rings is 1. The highest BCUT2D eigenvalue weighted by atomic mass is 79.9. The van der Waals surface area contributed by atoms with Crippen molar-refractivity contribution >= 4 is 21.7 Å². The molecule has 0 amide bonds. The number of rotatable bonds is 2. The summed E-state index contributed by atoms with van der Waals surface area (Å²) >= 11 is 3.38. The minimum absolute atomic E-state index is 0.479. The predicted molar refractivity (Wildman–Crippen MR) is 78.6 cm³/mol. The number of nitrogens with zero attached hydrogens (tertiary/aromatic N) is 1. The van der Waals surface area contributed by atoms with Crippen LogP contribution in [0.5, 0.6) is 0 Å². The van der Waals surface area contributed by atoms with Crippen molar-refractivity contribution in [2.45, 2.75) is 6.92 Å². The summed E-state index contributed by atoms with van der Waals surface area (Å²) in [6.45, 7) is 2.05. The molecule has 3 rings (SSSR count). The second-order valence-electron chi connectivity index (χ2n) is 4.33. The molecule has 0 aliphatic heterocycles. The van der Waals surface area contributed by atoms with Crippen LogP contribution in [0.15, 0.2) is 45.7 Å². The van der Waals surface area contributed by atoms with E-state index in [0.717, 1.165) is 22.4 Å². The monoisotopic (exact) mass is 317 g/mol. The van der Waals surface area contributed by atoms with Crippen LogP contribution in [0, 0.1) is 6.92 Å². The summed E-state index contributed by atoms with van der Waals surface area (Å²) in [4.78, 5) is 0. The number of nitrogen functional groups attached to an aromatic ring is 1. The minimum Gasteiger partial charge on any atom is -0.457 e. The topological polar surface area (TPSA) is 67.8 Å². The number of H-pyrrole nitrogens is 1. The van der Waals surface area contributed by atoms with Crippen LogP contribution in [0.2, 0.25) is 0 Å². The van der Waals surface area contributed by atoms with Crippen molar-refractivity contribution in [2.75, 3.05) is 5.73 Å². The first-order valence-electron chi connectivity index (χ1n) is 5.81. The van der Waals surface area contributed by atoms with E-state index in [0.29, 0.717) is 10.5 Å². The summed E-state index contributed by atoms with van der Waals surface area (Å²) in [5, 5.41) is 7.07. The molecule has 0 atom stereocenters. The van der Waals surface area contributed by atoms with E-state index in [1.807, 2.05) is 18.2 Å². The summed E-state index contributed by atoms with van der Waals surface area (Å²) in [6, 6.07) is 10.0. The lowest BCUT2D eigenvalue weighted by Crippen LogP contribution is -1.88. The molecule has 3 aromatic rings. The third-order valence-corrected chi connectivity index (χ3v) is 3.64. The van der Waals surface area contributed by atoms with Crippen molar-refractivity contribution < 1.29 is 4.42 Å². The summed E-state index contributed by atoms with van der Waals surface area (Å²) in [6.07, 6.45) is 1.62. The number of nitrogens with two attached hydrogens (primary N) is 1. The average molecular weight is 318 g/mol. The maximum Gasteiger partial charge on any atom is 0.178 e. The van der Waals surface area contributed by atoms with Gasteiger partial charge in [-0.05, 0) is 34.5 Å². The van der Waals surface area contributed by atoms with Crippen LogP contribution in [0.25, 0.3) is 22.4 Å². The zero-order valence-corrected chi connectivity index (χ0v) is 11.9. The molecule has 0 spiro atoms. The van der Waals surface area contributed by atoms with Gasteiger partial charge in [-0.1, -0.05) is 29.8 Å². The number of nitrogens with one attached hydrogen (secondary N) is 1. The van der Waals surface area contributed by atoms with Crippen molar-refractivity contribution in [3.05, 3.63) is 46.8 Å². The number of furan rings is 1. The number of aryl methyl sites for hydroxylation is 1. The first-order chi connectivity index (χ1) is 9.16. The quantitative estimate of drug-likeness (QED) is 0.751. The van der Waals surface area contributed by atoms with Crippen LogP contribution in [-0.2, 0) is 0 Å². The van der Waals surface area contributed by atoms with E-state index in [9.17, 15) is 0 Å². The van der Waals surface area contributed by atoms with E-state index in [4.69, 9.17) is 10.2 Å². The number of aromatic amines is 1. The third kappa shape index (κ3) is 2.06. The van der Waals surface area contributed by atoms with Gasteiger partial charge in [0.25, 0.3) is 0 Å². The maximum absolute atomic E-state index is 5.98. The van der Waals surface area contributed by atoms with E-state index >= 15 is 0 Å². The van der Waals surface area contributed by atoms with Crippen LogP contribution in [0.1, 0.15) is 5.56 Å². The molecule has 2 aromatic heterocycles. The van der Waals surface area contributed by atoms with Gasteiger partial charge in [0.1, 0.15) is 0 Å². The van der Waals surface area contributed by atoms with Gasteiger partial charge >= 0.3 is 0 Å². The number of halogens is 1. The fourth-order valence-electron chi connectivity index (χ4n) is 2.04. The Bertz CT molecular complexity index is 713. The van der Waals surface area contributed by atoms with Gasteiger partial charge in [0.15, 0.2) is 10.5 Å². The molecule has 0 aliphatic rings. The Morgan fingerprint density at radius 3 is 2.58 bits per heavy atom. The Kier molecular flexibility index (Phi) is 2.91. The smallest absolute Gasteiger partial charge is 0.178 e. The van der Waals surface area contributed by atoms with E-state index in [1.54, 1.807) is 6.26 Å². The summed E-state index contributed by atoms with van der Waals surface area (Å²) in [7, 11) is 0. The first-order valence-corrected chi connectivity index (χ1v) is 6.60. The minimum atomic E-state index is 0.479. The number of aromatic nitrogens is 2. The van der Waals surface area contributed by atoms with E-state index in [1.165, 1.54) is 5.56 Å². The largest absolute Gasteiger partial charge is 0.457 e. The van der Waals surface area contributed by atoms with Gasteiger partial charge < -0.3 is 10.2 Å². The van der Waals surface area contributed by atoms with Crippen molar-refractivity contribution in [3.63, 3.8) is 0 Å². The Labute approximate surface area is 118 Å². The van der Waals surface area contributed by atoms with Crippen molar-refractivity contribution in [3.8, 4) is 22.4 Å². The lowest BCUT2D eigenvalue weighted by atomic mass is 10.0. The second-order valence-corrected chi connectivity index (χ2v) is 5.05. The van der Waals surface area contributed by atoms with Crippen LogP contribution >= 0.6 is 15.9 Å². The standard InChI is InChI=1S/C14H12BrN3O/c1-8-2-4-9(5-3-8)11-12(17-18-14(11)16)10-6-7-19-13(10)15/h2-7H,1H3,(H3,16,17,18). The van der Waals surface area contributed by atoms with Crippen molar-refractivity contribution in [1.29, 1.82) is 0 Å². The predicted octanol–water partition coefficient (Wildman–Crippen LogP) is 3.99. The molecule has 0 saturated carbocycles. The highest BCUT2D eigenvalue weighted by Gasteiger charge is 2.17. The molecule has 19 heavy (non-hydrogen) atoms. The number of hydrogen-bond donors (Lipinski definition) is 2. The summed E-state index contributed by atoms with van der Waals surface area (Å²) in [5.41, 5.74) is 10.9. The molecular weight excluding hydrogens is 306 g/mol. The third-order valence-electron chi connectivity index (χ3n) is 3.02. The Balaban J connectivity index is 2.19. The van der Waals surface area contributed by atoms with E-state index < -0.39 is 0 Å². The van der Waals surface area contributed by atoms with Gasteiger partial charge in [-0.2, -0.15) is 5.10 Å². The van der Waals surface area contributed by atoms with Crippen LogP contribution < -0.4 is 5.73 Å².